The maximum Gasteiger partial charge on any atom is 0.291 e. The number of benzene rings is 1. The van der Waals surface area contributed by atoms with E-state index in [1.807, 2.05) is 53.7 Å². The van der Waals surface area contributed by atoms with Crippen LogP contribution in [0.4, 0.5) is 11.8 Å². The highest BCUT2D eigenvalue weighted by Gasteiger charge is 2.46. The second-order valence-corrected chi connectivity index (χ2v) is 12.1. The molecule has 1 saturated carbocycles. The van der Waals surface area contributed by atoms with Crippen LogP contribution in [0.1, 0.15) is 79.2 Å². The van der Waals surface area contributed by atoms with Crippen LogP contribution >= 0.6 is 0 Å². The van der Waals surface area contributed by atoms with Gasteiger partial charge in [-0.2, -0.15) is 14.6 Å². The minimum atomic E-state index is -0.291. The Bertz CT molecular complexity index is 1880. The van der Waals surface area contributed by atoms with Crippen molar-refractivity contribution in [2.24, 2.45) is 0 Å². The zero-order valence-corrected chi connectivity index (χ0v) is 24.3. The molecule has 12 nitrogen and oxygen atoms in total. The molecule has 222 valence electrons. The molecule has 2 aliphatic heterocycles. The standard InChI is InChI=1S/C32H32N10O2/c1-17(43)36-32-38-29(39-40-32)31(44)41-22-10-11-23(41)14-21(13-22)27-26(19-7-8-19)28(33)42-30(37-27)24(16-35-42)20-9-12-25(34-15-20)18-5-3-2-4-6-18/h2-6,9,12,15-16,19,21-23H,7-8,10-11,13-14,33H2,1H3,(H2,36,38,39,40,43)/t21?,22-,23+. The van der Waals surface area contributed by atoms with Crippen LogP contribution in [-0.4, -0.2) is 63.6 Å². The van der Waals surface area contributed by atoms with Gasteiger partial charge in [0, 0.05) is 53.4 Å². The van der Waals surface area contributed by atoms with E-state index in [9.17, 15) is 9.59 Å². The average Bonchev–Trinajstić information content (AvgIpc) is 3.50. The lowest BCUT2D eigenvalue weighted by atomic mass is 9.85. The van der Waals surface area contributed by atoms with E-state index in [0.29, 0.717) is 11.7 Å². The number of hydrogen-bond donors (Lipinski definition) is 3. The molecule has 3 fully saturated rings. The Morgan fingerprint density at radius 2 is 1.70 bits per heavy atom. The van der Waals surface area contributed by atoms with Crippen molar-refractivity contribution in [3.8, 4) is 22.4 Å². The summed E-state index contributed by atoms with van der Waals surface area (Å²) in [7, 11) is 0. The highest BCUT2D eigenvalue weighted by molar-refractivity contribution is 5.92. The molecule has 0 spiro atoms. The van der Waals surface area contributed by atoms with Crippen molar-refractivity contribution in [1.29, 1.82) is 0 Å². The van der Waals surface area contributed by atoms with Crippen LogP contribution in [0.2, 0.25) is 0 Å². The van der Waals surface area contributed by atoms with Crippen LogP contribution in [-0.2, 0) is 4.79 Å². The van der Waals surface area contributed by atoms with Gasteiger partial charge in [0.15, 0.2) is 5.65 Å². The normalized spacial score (nSPS) is 21.1. The van der Waals surface area contributed by atoms with Gasteiger partial charge < -0.3 is 10.6 Å². The van der Waals surface area contributed by atoms with Gasteiger partial charge in [0.25, 0.3) is 5.91 Å². The minimum absolute atomic E-state index is 0.0611. The maximum atomic E-state index is 13.5. The summed E-state index contributed by atoms with van der Waals surface area (Å²) in [6.07, 6.45) is 9.33. The molecule has 6 heterocycles. The number of aromatic nitrogens is 7. The number of carbonyl (C=O) groups excluding carboxylic acids is 2. The van der Waals surface area contributed by atoms with Crippen molar-refractivity contribution >= 4 is 29.2 Å². The number of carbonyl (C=O) groups is 2. The number of nitrogen functional groups attached to an aromatic ring is 1. The predicted molar refractivity (Wildman–Crippen MR) is 164 cm³/mol. The second kappa shape index (κ2) is 10.2. The third-order valence-corrected chi connectivity index (χ3v) is 9.21. The number of hydrogen-bond acceptors (Lipinski definition) is 8. The third kappa shape index (κ3) is 4.48. The Morgan fingerprint density at radius 1 is 0.932 bits per heavy atom. The molecule has 4 aromatic heterocycles. The number of rotatable bonds is 6. The Hall–Kier alpha value is -5.13. The first kappa shape index (κ1) is 26.5. The molecule has 2 saturated heterocycles. The molecule has 8 rings (SSSR count). The summed E-state index contributed by atoms with van der Waals surface area (Å²) in [5.41, 5.74) is 13.5. The zero-order valence-electron chi connectivity index (χ0n) is 24.3. The minimum Gasteiger partial charge on any atom is -0.383 e. The van der Waals surface area contributed by atoms with Crippen molar-refractivity contribution in [2.45, 2.75) is 69.4 Å². The number of nitrogens with zero attached hydrogens (tertiary/aromatic N) is 7. The Balaban J connectivity index is 1.11. The van der Waals surface area contributed by atoms with Crippen molar-refractivity contribution in [3.63, 3.8) is 0 Å². The first-order chi connectivity index (χ1) is 21.4. The number of nitrogens with two attached hydrogens (primary N) is 1. The molecule has 2 bridgehead atoms. The lowest BCUT2D eigenvalue weighted by Gasteiger charge is -2.39. The smallest absolute Gasteiger partial charge is 0.291 e. The molecule has 4 N–H and O–H groups in total. The molecule has 5 aromatic rings. The van der Waals surface area contributed by atoms with Gasteiger partial charge in [0.05, 0.1) is 17.6 Å². The fourth-order valence-corrected chi connectivity index (χ4v) is 7.11. The van der Waals surface area contributed by atoms with Gasteiger partial charge in [-0.1, -0.05) is 36.4 Å². The molecule has 1 unspecified atom stereocenters. The Kier molecular flexibility index (Phi) is 6.17. The van der Waals surface area contributed by atoms with E-state index in [4.69, 9.17) is 15.7 Å². The summed E-state index contributed by atoms with van der Waals surface area (Å²) in [5.74, 6) is 0.987. The van der Waals surface area contributed by atoms with E-state index in [2.05, 4.69) is 31.7 Å². The molecule has 1 aliphatic carbocycles. The van der Waals surface area contributed by atoms with E-state index in [1.165, 1.54) is 6.92 Å². The second-order valence-electron chi connectivity index (χ2n) is 12.1. The van der Waals surface area contributed by atoms with Gasteiger partial charge in [-0.25, -0.2) is 4.98 Å². The molecule has 3 atom stereocenters. The van der Waals surface area contributed by atoms with Gasteiger partial charge in [0.2, 0.25) is 17.7 Å². The fourth-order valence-electron chi connectivity index (χ4n) is 7.11. The summed E-state index contributed by atoms with van der Waals surface area (Å²) < 4.78 is 1.78. The molecular formula is C32H32N10O2. The molecule has 2 amide bonds. The fraction of sp³-hybridized carbons (Fsp3) is 0.344. The number of nitrogens with one attached hydrogen (secondary N) is 2. The number of amides is 2. The van der Waals surface area contributed by atoms with E-state index in [-0.39, 0.29) is 41.6 Å². The molecule has 1 aromatic carbocycles. The van der Waals surface area contributed by atoms with E-state index in [1.54, 1.807) is 4.52 Å². The number of piperidine rings is 1. The predicted octanol–water partition coefficient (Wildman–Crippen LogP) is 4.55. The molecule has 12 heteroatoms. The topological polar surface area (TPSA) is 160 Å². The van der Waals surface area contributed by atoms with Gasteiger partial charge in [0.1, 0.15) is 5.82 Å². The lowest BCUT2D eigenvalue weighted by Crippen LogP contribution is -2.46. The third-order valence-electron chi connectivity index (χ3n) is 9.21. The van der Waals surface area contributed by atoms with Crippen LogP contribution < -0.4 is 11.1 Å². The molecule has 0 radical (unpaired) electrons. The van der Waals surface area contributed by atoms with Crippen LogP contribution in [0.5, 0.6) is 0 Å². The molecule has 3 aliphatic rings. The van der Waals surface area contributed by atoms with E-state index in [0.717, 1.165) is 77.8 Å². The quantitative estimate of drug-likeness (QED) is 0.261. The number of fused-ring (bicyclic) bond motifs is 3. The SMILES string of the molecule is CC(=O)Nc1n[nH]c(C(=O)N2[C@@H]3CC[C@H]2CC(c2nc4c(-c5ccc(-c6ccccc6)nc5)cnn4c(N)c2C2CC2)C3)n1. The van der Waals surface area contributed by atoms with Crippen molar-refractivity contribution in [3.05, 3.63) is 71.9 Å². The van der Waals surface area contributed by atoms with Crippen LogP contribution in [0.25, 0.3) is 28.0 Å². The first-order valence-corrected chi connectivity index (χ1v) is 15.2. The summed E-state index contributed by atoms with van der Waals surface area (Å²) in [6.45, 7) is 1.38. The average molecular weight is 589 g/mol. The van der Waals surface area contributed by atoms with Gasteiger partial charge in [-0.3, -0.25) is 25.0 Å². The summed E-state index contributed by atoms with van der Waals surface area (Å²) in [4.78, 5) is 41.1. The van der Waals surface area contributed by atoms with Crippen LogP contribution in [0, 0.1) is 0 Å². The number of pyridine rings is 1. The monoisotopic (exact) mass is 588 g/mol. The van der Waals surface area contributed by atoms with Gasteiger partial charge in [-0.05, 0) is 50.5 Å². The lowest BCUT2D eigenvalue weighted by molar-refractivity contribution is -0.114. The Morgan fingerprint density at radius 3 is 2.39 bits per heavy atom. The first-order valence-electron chi connectivity index (χ1n) is 15.2. The van der Waals surface area contributed by atoms with Crippen molar-refractivity contribution in [2.75, 3.05) is 11.1 Å². The highest BCUT2D eigenvalue weighted by atomic mass is 16.2. The zero-order chi connectivity index (χ0) is 29.9. The number of anilines is 2. The molecular weight excluding hydrogens is 556 g/mol. The van der Waals surface area contributed by atoms with E-state index >= 15 is 0 Å². The summed E-state index contributed by atoms with van der Waals surface area (Å²) in [5, 5.41) is 13.9. The van der Waals surface area contributed by atoms with Crippen LogP contribution in [0.15, 0.2) is 54.9 Å². The highest BCUT2D eigenvalue weighted by Crippen LogP contribution is 2.50. The van der Waals surface area contributed by atoms with Crippen LogP contribution in [0.3, 0.4) is 0 Å². The number of H-pyrrole nitrogens is 1. The number of aromatic amines is 1. The summed E-state index contributed by atoms with van der Waals surface area (Å²) in [6, 6.07) is 14.3. The molecule has 44 heavy (non-hydrogen) atoms. The van der Waals surface area contributed by atoms with E-state index < -0.39 is 0 Å². The van der Waals surface area contributed by atoms with Crippen molar-refractivity contribution < 1.29 is 9.59 Å². The van der Waals surface area contributed by atoms with Gasteiger partial charge in [-0.15, -0.1) is 5.10 Å². The maximum absolute atomic E-state index is 13.5. The largest absolute Gasteiger partial charge is 0.383 e. The summed E-state index contributed by atoms with van der Waals surface area (Å²) >= 11 is 0. The van der Waals surface area contributed by atoms with Gasteiger partial charge >= 0.3 is 0 Å². The van der Waals surface area contributed by atoms with Crippen molar-refractivity contribution in [1.82, 2.24) is 39.7 Å². The Labute approximate surface area is 253 Å².